The van der Waals surface area contributed by atoms with Gasteiger partial charge in [0.1, 0.15) is 13.6 Å². The van der Waals surface area contributed by atoms with E-state index in [2.05, 4.69) is 27.7 Å². The third kappa shape index (κ3) is 49.9. The Hall–Kier alpha value is -0.240. The highest BCUT2D eigenvalue weighted by Gasteiger charge is 2.24. The molecular formula is C44H104O6. The first-order valence-electron chi connectivity index (χ1n) is 22.0. The van der Waals surface area contributed by atoms with E-state index in [0.29, 0.717) is 49.1 Å². The van der Waals surface area contributed by atoms with E-state index in [4.69, 9.17) is 18.9 Å². The van der Waals surface area contributed by atoms with Crippen molar-refractivity contribution in [1.29, 1.82) is 0 Å². The van der Waals surface area contributed by atoms with Crippen LogP contribution in [-0.2, 0) is 18.9 Å². The number of rotatable bonds is 4. The summed E-state index contributed by atoms with van der Waals surface area (Å²) >= 11 is 0. The molecule has 1 aliphatic heterocycles. The van der Waals surface area contributed by atoms with Crippen molar-refractivity contribution in [2.75, 3.05) is 53.2 Å². The average Bonchev–Trinajstić information content (AvgIpc) is 3.20. The van der Waals surface area contributed by atoms with Crippen molar-refractivity contribution < 1.29 is 29.2 Å². The van der Waals surface area contributed by atoms with E-state index in [0.717, 1.165) is 90.6 Å². The van der Waals surface area contributed by atoms with Gasteiger partial charge in [-0.2, -0.15) is 0 Å². The third-order valence-electron chi connectivity index (χ3n) is 7.97. The van der Waals surface area contributed by atoms with E-state index in [9.17, 15) is 10.2 Å². The molecule has 0 aliphatic carbocycles. The topological polar surface area (TPSA) is 77.4 Å². The molecule has 1 aliphatic rings. The SMILES string of the molecule is CC.CC.CC.CC.CC.CC.CC.CC.CC1CCCOCOCCCC(C)C(CCO)C(C)CCCOCOCCCC(C)C1CCO. The average molecular weight is 729 g/mol. The molecule has 4 atom stereocenters. The predicted molar refractivity (Wildman–Crippen MR) is 228 cm³/mol. The number of aliphatic hydroxyl groups excluding tert-OH is 2. The second-order valence-corrected chi connectivity index (χ2v) is 10.7. The number of hydrogen-bond donors (Lipinski definition) is 2. The van der Waals surface area contributed by atoms with E-state index >= 15 is 0 Å². The van der Waals surface area contributed by atoms with Crippen molar-refractivity contribution in [3.63, 3.8) is 0 Å². The van der Waals surface area contributed by atoms with Crippen molar-refractivity contribution in [1.82, 2.24) is 0 Å². The fourth-order valence-corrected chi connectivity index (χ4v) is 5.80. The highest BCUT2D eigenvalue weighted by atomic mass is 16.7. The van der Waals surface area contributed by atoms with Crippen LogP contribution in [0, 0.1) is 35.5 Å². The maximum Gasteiger partial charge on any atom is 0.146 e. The normalized spacial score (nSPS) is 23.9. The summed E-state index contributed by atoms with van der Waals surface area (Å²) in [4.78, 5) is 0. The maximum absolute atomic E-state index is 9.56. The lowest BCUT2D eigenvalue weighted by atomic mass is 9.77. The zero-order valence-electron chi connectivity index (χ0n) is 38.7. The third-order valence-corrected chi connectivity index (χ3v) is 7.97. The number of hydrogen-bond acceptors (Lipinski definition) is 6. The van der Waals surface area contributed by atoms with Gasteiger partial charge >= 0.3 is 0 Å². The van der Waals surface area contributed by atoms with Gasteiger partial charge in [0.05, 0.1) is 0 Å². The van der Waals surface area contributed by atoms with Gasteiger partial charge in [0, 0.05) is 39.6 Å². The lowest BCUT2D eigenvalue weighted by Crippen LogP contribution is -2.22. The lowest BCUT2D eigenvalue weighted by molar-refractivity contribution is -0.0592. The number of aliphatic hydroxyl groups is 2. The highest BCUT2D eigenvalue weighted by molar-refractivity contribution is 4.74. The summed E-state index contributed by atoms with van der Waals surface area (Å²) < 4.78 is 22.9. The molecule has 0 aromatic carbocycles. The Balaban J connectivity index is -0.000000160. The molecule has 50 heavy (non-hydrogen) atoms. The van der Waals surface area contributed by atoms with E-state index in [1.165, 1.54) is 0 Å². The van der Waals surface area contributed by atoms with Gasteiger partial charge in [0.15, 0.2) is 0 Å². The molecule has 316 valence electrons. The fraction of sp³-hybridized carbons (Fsp3) is 1.00. The van der Waals surface area contributed by atoms with Crippen LogP contribution >= 0.6 is 0 Å². The second kappa shape index (κ2) is 70.4. The van der Waals surface area contributed by atoms with Gasteiger partial charge in [0.2, 0.25) is 0 Å². The Kier molecular flexibility index (Phi) is 95.5. The first-order valence-corrected chi connectivity index (χ1v) is 22.0. The molecule has 0 amide bonds. The highest BCUT2D eigenvalue weighted by Crippen LogP contribution is 2.32. The first kappa shape index (κ1) is 67.8. The molecule has 1 heterocycles. The van der Waals surface area contributed by atoms with Crippen LogP contribution < -0.4 is 0 Å². The molecule has 0 radical (unpaired) electrons. The fourth-order valence-electron chi connectivity index (χ4n) is 5.80. The van der Waals surface area contributed by atoms with E-state index in [1.54, 1.807) is 0 Å². The molecule has 2 N–H and O–H groups in total. The zero-order valence-corrected chi connectivity index (χ0v) is 38.7. The maximum atomic E-state index is 9.56. The molecular weight excluding hydrogens is 624 g/mol. The van der Waals surface area contributed by atoms with Crippen LogP contribution in [0.15, 0.2) is 0 Å². The minimum Gasteiger partial charge on any atom is -0.396 e. The first-order chi connectivity index (χ1) is 24.5. The predicted octanol–water partition coefficient (Wildman–Crippen LogP) is 13.9. The molecule has 1 fully saturated rings. The summed E-state index contributed by atoms with van der Waals surface area (Å²) in [5.41, 5.74) is 0. The summed E-state index contributed by atoms with van der Waals surface area (Å²) in [6.45, 7) is 45.4. The molecule has 0 aromatic heterocycles. The lowest BCUT2D eigenvalue weighted by Gasteiger charge is -2.30. The molecule has 0 spiro atoms. The van der Waals surface area contributed by atoms with Crippen LogP contribution in [0.2, 0.25) is 0 Å². The van der Waals surface area contributed by atoms with Gasteiger partial charge in [-0.15, -0.1) is 0 Å². The van der Waals surface area contributed by atoms with E-state index in [1.807, 2.05) is 111 Å². The van der Waals surface area contributed by atoms with Crippen LogP contribution in [0.4, 0.5) is 0 Å². The molecule has 0 bridgehead atoms. The Morgan fingerprint density at radius 2 is 0.540 bits per heavy atom. The van der Waals surface area contributed by atoms with Crippen LogP contribution in [-0.4, -0.2) is 63.4 Å². The van der Waals surface area contributed by atoms with Crippen molar-refractivity contribution in [3.05, 3.63) is 0 Å². The molecule has 1 rings (SSSR count). The van der Waals surface area contributed by atoms with Crippen LogP contribution in [0.25, 0.3) is 0 Å². The molecule has 6 nitrogen and oxygen atoms in total. The number of ether oxygens (including phenoxy) is 4. The van der Waals surface area contributed by atoms with Crippen LogP contribution in [0.5, 0.6) is 0 Å². The van der Waals surface area contributed by atoms with Gasteiger partial charge in [-0.1, -0.05) is 138 Å². The van der Waals surface area contributed by atoms with Crippen molar-refractivity contribution in [2.24, 2.45) is 35.5 Å². The minimum atomic E-state index is 0.256. The smallest absolute Gasteiger partial charge is 0.146 e. The Morgan fingerprint density at radius 3 is 0.700 bits per heavy atom. The summed E-state index contributed by atoms with van der Waals surface area (Å²) in [6.07, 6.45) is 10.3. The summed E-state index contributed by atoms with van der Waals surface area (Å²) in [5.74, 6) is 3.33. The minimum absolute atomic E-state index is 0.256. The summed E-state index contributed by atoms with van der Waals surface area (Å²) in [7, 11) is 0. The van der Waals surface area contributed by atoms with Crippen molar-refractivity contribution in [2.45, 2.75) is 203 Å². The van der Waals surface area contributed by atoms with Gasteiger partial charge in [-0.05, 0) is 99.7 Å². The van der Waals surface area contributed by atoms with Crippen LogP contribution in [0.3, 0.4) is 0 Å². The Bertz CT molecular complexity index is 380. The van der Waals surface area contributed by atoms with Crippen molar-refractivity contribution >= 4 is 0 Å². The largest absolute Gasteiger partial charge is 0.396 e. The Morgan fingerprint density at radius 1 is 0.360 bits per heavy atom. The summed E-state index contributed by atoms with van der Waals surface area (Å²) in [5, 5.41) is 19.1. The molecule has 4 unspecified atom stereocenters. The molecule has 1 saturated heterocycles. The Labute approximate surface area is 320 Å². The van der Waals surface area contributed by atoms with Gasteiger partial charge in [-0.25, -0.2) is 0 Å². The molecule has 6 heteroatoms. The van der Waals surface area contributed by atoms with Gasteiger partial charge in [-0.3, -0.25) is 0 Å². The molecule has 0 aromatic rings. The van der Waals surface area contributed by atoms with E-state index in [-0.39, 0.29) is 13.2 Å². The van der Waals surface area contributed by atoms with E-state index < -0.39 is 0 Å². The second-order valence-electron chi connectivity index (χ2n) is 10.7. The van der Waals surface area contributed by atoms with Crippen LogP contribution in [0.1, 0.15) is 203 Å². The van der Waals surface area contributed by atoms with Crippen molar-refractivity contribution in [3.8, 4) is 0 Å². The molecule has 0 saturated carbocycles. The van der Waals surface area contributed by atoms with Gasteiger partial charge in [0.25, 0.3) is 0 Å². The van der Waals surface area contributed by atoms with Gasteiger partial charge < -0.3 is 29.2 Å². The monoisotopic (exact) mass is 729 g/mol. The summed E-state index contributed by atoms with van der Waals surface area (Å²) in [6, 6.07) is 0. The standard InChI is InChI=1S/C28H56O6.8C2H6/c1-23-9-5-17-31-21-33-19-7-11-25(3)28(14-16-30)26(4)12-8-20-34-22-32-18-6-10-24(2)27(23)13-15-29;8*1-2/h23-30H,5-22H2,1-4H3;8*1-2H3. The quantitative estimate of drug-likeness (QED) is 0.300. The zero-order chi connectivity index (χ0) is 41.0.